The van der Waals surface area contributed by atoms with Crippen LogP contribution in [0.1, 0.15) is 91.9 Å². The van der Waals surface area contributed by atoms with E-state index in [0.717, 1.165) is 74.1 Å². The Morgan fingerprint density at radius 2 is 1.88 bits per heavy atom. The van der Waals surface area contributed by atoms with Gasteiger partial charge in [-0.3, -0.25) is 19.8 Å². The van der Waals surface area contributed by atoms with Crippen LogP contribution >= 0.6 is 0 Å². The predicted octanol–water partition coefficient (Wildman–Crippen LogP) is 9.42. The number of carbonyl (C=O) groups is 1. The van der Waals surface area contributed by atoms with Crippen molar-refractivity contribution in [3.8, 4) is 11.5 Å². The van der Waals surface area contributed by atoms with Gasteiger partial charge in [0.15, 0.2) is 0 Å². The first-order valence-corrected chi connectivity index (χ1v) is 22.1. The molecule has 2 unspecified atom stereocenters. The summed E-state index contributed by atoms with van der Waals surface area (Å²) in [5.41, 5.74) is 6.36. The highest BCUT2D eigenvalue weighted by atomic mass is 32.2. The number of carbonyl (C=O) groups excluding carboxylic acids is 1. The average molecular weight is 831 g/mol. The van der Waals surface area contributed by atoms with E-state index in [9.17, 15) is 23.3 Å². The summed E-state index contributed by atoms with van der Waals surface area (Å²) < 4.78 is 41.2. The fourth-order valence-electron chi connectivity index (χ4n) is 8.72. The first kappa shape index (κ1) is 40.9. The molecule has 0 spiro atoms. The number of aromatic nitrogens is 2. The number of nitro benzene ring substituents is 1. The third-order valence-electron chi connectivity index (χ3n) is 11.8. The highest BCUT2D eigenvalue weighted by Gasteiger charge is 2.34. The van der Waals surface area contributed by atoms with Gasteiger partial charge in [-0.15, -0.1) is 0 Å². The topological polar surface area (TPSA) is 169 Å². The number of fused-ring (bicyclic) bond motifs is 1. The van der Waals surface area contributed by atoms with Gasteiger partial charge in [-0.2, -0.15) is 0 Å². The Morgan fingerprint density at radius 3 is 2.67 bits per heavy atom. The molecule has 3 N–H and O–H groups in total. The number of allylic oxidation sites excluding steroid dienone is 2. The Bertz CT molecular complexity index is 2570. The number of amides is 1. The second-order valence-corrected chi connectivity index (χ2v) is 17.8. The zero-order valence-corrected chi connectivity index (χ0v) is 34.7. The molecular formula is C46H50N6O7S. The van der Waals surface area contributed by atoms with Gasteiger partial charge in [0.1, 0.15) is 22.8 Å². The van der Waals surface area contributed by atoms with Crippen molar-refractivity contribution in [1.29, 1.82) is 0 Å². The van der Waals surface area contributed by atoms with Crippen LogP contribution in [0, 0.1) is 16.0 Å². The van der Waals surface area contributed by atoms with E-state index in [1.807, 2.05) is 12.1 Å². The smallest absolute Gasteiger partial charge is 0.293 e. The van der Waals surface area contributed by atoms with Crippen LogP contribution in [-0.2, 0) is 14.8 Å². The fraction of sp³-hybridized carbons (Fsp3) is 0.348. The molecule has 3 aliphatic rings. The Balaban J connectivity index is 1.03. The second kappa shape index (κ2) is 17.8. The van der Waals surface area contributed by atoms with E-state index in [1.54, 1.807) is 24.4 Å². The van der Waals surface area contributed by atoms with Gasteiger partial charge in [0.05, 0.1) is 21.6 Å². The van der Waals surface area contributed by atoms with Gasteiger partial charge in [-0.1, -0.05) is 48.1 Å². The van der Waals surface area contributed by atoms with Crippen molar-refractivity contribution in [2.75, 3.05) is 31.6 Å². The van der Waals surface area contributed by atoms with E-state index in [2.05, 4.69) is 75.2 Å². The van der Waals surface area contributed by atoms with Crippen molar-refractivity contribution in [2.45, 2.75) is 75.8 Å². The van der Waals surface area contributed by atoms with Crippen LogP contribution < -0.4 is 14.8 Å². The number of H-pyrrole nitrogens is 1. The number of hydrogen-bond acceptors (Lipinski definition) is 10. The number of likely N-dealkylation sites (tertiary alicyclic amines) is 1. The monoisotopic (exact) mass is 830 g/mol. The highest BCUT2D eigenvalue weighted by Crippen LogP contribution is 2.41. The summed E-state index contributed by atoms with van der Waals surface area (Å²) in [5, 5.41) is 16.0. The molecule has 0 radical (unpaired) electrons. The van der Waals surface area contributed by atoms with Crippen LogP contribution in [-0.4, -0.2) is 66.5 Å². The molecule has 14 heteroatoms. The Kier molecular flexibility index (Phi) is 12.1. The number of benzene rings is 3. The van der Waals surface area contributed by atoms with E-state index in [1.165, 1.54) is 35.0 Å². The molecule has 2 saturated heterocycles. The molecule has 4 heterocycles. The lowest BCUT2D eigenvalue weighted by molar-refractivity contribution is -0.384. The zero-order valence-electron chi connectivity index (χ0n) is 33.9. The lowest BCUT2D eigenvalue weighted by Crippen LogP contribution is -2.36. The molecule has 1 amide bonds. The summed E-state index contributed by atoms with van der Waals surface area (Å²) in [5.74, 6) is -0.154. The number of nitro groups is 1. The summed E-state index contributed by atoms with van der Waals surface area (Å²) >= 11 is 0. The summed E-state index contributed by atoms with van der Waals surface area (Å²) in [6.07, 6.45) is 14.4. The van der Waals surface area contributed by atoms with Gasteiger partial charge in [0.25, 0.3) is 21.6 Å². The summed E-state index contributed by atoms with van der Waals surface area (Å²) in [4.78, 5) is 35.1. The molecule has 312 valence electrons. The highest BCUT2D eigenvalue weighted by molar-refractivity contribution is 7.90. The molecule has 8 rings (SSSR count). The Hall–Kier alpha value is -5.83. The van der Waals surface area contributed by atoms with Gasteiger partial charge >= 0.3 is 0 Å². The first-order chi connectivity index (χ1) is 29.0. The van der Waals surface area contributed by atoms with Crippen LogP contribution in [0.25, 0.3) is 22.7 Å². The number of pyridine rings is 1. The molecule has 2 atom stereocenters. The predicted molar refractivity (Wildman–Crippen MR) is 232 cm³/mol. The number of nitrogens with zero attached hydrogens (tertiary/aromatic N) is 3. The minimum absolute atomic E-state index is 0.0232. The minimum atomic E-state index is -4.54. The van der Waals surface area contributed by atoms with E-state index < -0.39 is 31.4 Å². The van der Waals surface area contributed by atoms with Crippen molar-refractivity contribution in [3.05, 3.63) is 129 Å². The number of sulfonamides is 1. The average Bonchev–Trinajstić information content (AvgIpc) is 3.93. The number of nitrogens with one attached hydrogen (secondary N) is 3. The van der Waals surface area contributed by atoms with E-state index >= 15 is 0 Å². The van der Waals surface area contributed by atoms with Crippen LogP contribution in [0.2, 0.25) is 0 Å². The molecule has 5 aromatic rings. The standard InChI is InChI=1S/C46H50N6O7S/c1-30(2)24-34-6-3-4-7-39(34)42-8-5-21-51(42)36-12-9-32(10-13-36)33-11-15-40(44(26-33)59-37-25-35-17-20-47-45(35)49-29-37)46(53)50-60(56,57)38-14-16-41(43(27-38)52(54)55)48-28-31-18-22-58-23-19-31/h3-4,6-7,9,11,14-17,20,24-27,29,31,36,42,48H,5,8,10,12-13,18-19,21-23,28H2,1-2H3,(H,47,49)(H,50,53). The van der Waals surface area contributed by atoms with Crippen molar-refractivity contribution in [2.24, 2.45) is 5.92 Å². The third-order valence-corrected chi connectivity index (χ3v) is 13.1. The number of hydrogen-bond donors (Lipinski definition) is 3. The maximum absolute atomic E-state index is 13.9. The number of anilines is 1. The van der Waals surface area contributed by atoms with Crippen LogP contribution in [0.15, 0.2) is 102 Å². The van der Waals surface area contributed by atoms with Crippen LogP contribution in [0.5, 0.6) is 11.5 Å². The zero-order chi connectivity index (χ0) is 41.8. The van der Waals surface area contributed by atoms with Crippen molar-refractivity contribution < 1.29 is 27.6 Å². The molecule has 0 saturated carbocycles. The molecule has 1 aliphatic carbocycles. The molecule has 2 aromatic heterocycles. The van der Waals surface area contributed by atoms with Crippen molar-refractivity contribution in [1.82, 2.24) is 19.6 Å². The maximum Gasteiger partial charge on any atom is 0.293 e. The lowest BCUT2D eigenvalue weighted by atomic mass is 9.88. The van der Waals surface area contributed by atoms with E-state index in [4.69, 9.17) is 9.47 Å². The SMILES string of the molecule is CC(C)=Cc1ccccc1C1CCCN1C1CC=C(c2ccc(C(=O)NS(=O)(=O)c3ccc(NCC4CCOCC4)c([N+](=O)[O-])c3)c(Oc3cnc4[nH]ccc4c3)c2)CC1. The van der Waals surface area contributed by atoms with Crippen LogP contribution in [0.4, 0.5) is 11.4 Å². The van der Waals surface area contributed by atoms with Gasteiger partial charge in [0, 0.05) is 49.5 Å². The van der Waals surface area contributed by atoms with Crippen LogP contribution in [0.3, 0.4) is 0 Å². The molecule has 2 aliphatic heterocycles. The molecule has 2 fully saturated rings. The largest absolute Gasteiger partial charge is 0.455 e. The normalized spacial score (nSPS) is 18.8. The number of aromatic amines is 1. The molecule has 60 heavy (non-hydrogen) atoms. The fourth-order valence-corrected chi connectivity index (χ4v) is 9.70. The Morgan fingerprint density at radius 1 is 1.05 bits per heavy atom. The maximum atomic E-state index is 13.9. The van der Waals surface area contributed by atoms with Gasteiger partial charge in [0.2, 0.25) is 0 Å². The molecule has 13 nitrogen and oxygen atoms in total. The summed E-state index contributed by atoms with van der Waals surface area (Å²) in [7, 11) is -4.54. The Labute approximate surface area is 350 Å². The molecular weight excluding hydrogens is 781 g/mol. The molecule has 3 aromatic carbocycles. The molecule has 0 bridgehead atoms. The van der Waals surface area contributed by atoms with E-state index in [0.29, 0.717) is 43.2 Å². The lowest BCUT2D eigenvalue weighted by Gasteiger charge is -2.36. The number of rotatable bonds is 13. The third kappa shape index (κ3) is 9.15. The summed E-state index contributed by atoms with van der Waals surface area (Å²) in [6, 6.07) is 21.8. The summed E-state index contributed by atoms with van der Waals surface area (Å²) in [6.45, 7) is 7.07. The van der Waals surface area contributed by atoms with Gasteiger partial charge < -0.3 is 19.8 Å². The van der Waals surface area contributed by atoms with E-state index in [-0.39, 0.29) is 22.9 Å². The van der Waals surface area contributed by atoms with Gasteiger partial charge in [-0.25, -0.2) is 18.1 Å². The van der Waals surface area contributed by atoms with Gasteiger partial charge in [-0.05, 0) is 130 Å². The first-order valence-electron chi connectivity index (χ1n) is 20.6. The van der Waals surface area contributed by atoms with Crippen molar-refractivity contribution in [3.63, 3.8) is 0 Å². The minimum Gasteiger partial charge on any atom is -0.455 e. The second-order valence-electron chi connectivity index (χ2n) is 16.1. The quantitative estimate of drug-likeness (QED) is 0.0768. The van der Waals surface area contributed by atoms with Crippen molar-refractivity contribution >= 4 is 50.0 Å². The number of ether oxygens (including phenoxy) is 2.